The molecule has 0 aromatic rings. The Morgan fingerprint density at radius 2 is 1.94 bits per heavy atom. The third-order valence-corrected chi connectivity index (χ3v) is 4.17. The monoisotopic (exact) mass is 239 g/mol. The molecule has 2 fully saturated rings. The van der Waals surface area contributed by atoms with E-state index >= 15 is 0 Å². The summed E-state index contributed by atoms with van der Waals surface area (Å²) in [7, 11) is 0. The van der Waals surface area contributed by atoms with Crippen molar-refractivity contribution >= 4 is 5.91 Å². The first-order valence-corrected chi connectivity index (χ1v) is 6.83. The maximum atomic E-state index is 11.8. The molecule has 3 unspecified atom stereocenters. The molecule has 3 N–H and O–H groups in total. The van der Waals surface area contributed by atoms with E-state index in [0.29, 0.717) is 19.0 Å². The summed E-state index contributed by atoms with van der Waals surface area (Å²) >= 11 is 0. The number of carbonyl (C=O) groups is 1. The first-order chi connectivity index (χ1) is 8.10. The summed E-state index contributed by atoms with van der Waals surface area (Å²) in [5.74, 6) is 1.61. The largest absolute Gasteiger partial charge is 0.353 e. The van der Waals surface area contributed by atoms with Gasteiger partial charge in [0.2, 0.25) is 5.91 Å². The van der Waals surface area contributed by atoms with Gasteiger partial charge >= 0.3 is 0 Å². The van der Waals surface area contributed by atoms with Crippen molar-refractivity contribution in [2.45, 2.75) is 45.2 Å². The topological polar surface area (TPSA) is 58.4 Å². The normalized spacial score (nSPS) is 31.5. The molecule has 0 aromatic carbocycles. The fourth-order valence-electron chi connectivity index (χ4n) is 2.56. The Hall–Kier alpha value is -0.610. The van der Waals surface area contributed by atoms with Crippen LogP contribution >= 0.6 is 0 Å². The Labute approximate surface area is 104 Å². The van der Waals surface area contributed by atoms with Gasteiger partial charge in [-0.3, -0.25) is 9.69 Å². The van der Waals surface area contributed by atoms with Gasteiger partial charge in [0.15, 0.2) is 0 Å². The molecule has 98 valence electrons. The Bertz CT molecular complexity index is 268. The molecule has 1 saturated carbocycles. The molecule has 0 radical (unpaired) electrons. The maximum Gasteiger partial charge on any atom is 0.221 e. The van der Waals surface area contributed by atoms with E-state index in [9.17, 15) is 4.79 Å². The predicted molar refractivity (Wildman–Crippen MR) is 68.5 cm³/mol. The van der Waals surface area contributed by atoms with Crippen LogP contribution in [0.2, 0.25) is 0 Å². The standard InChI is InChI=1S/C13H25N3O/c1-9-7-16(8-10(9)2)12(6-14)5-13(17)15-11-3-4-11/h9-12H,3-8,14H2,1-2H3,(H,15,17). The lowest BCUT2D eigenvalue weighted by Crippen LogP contribution is -2.43. The van der Waals surface area contributed by atoms with Crippen LogP contribution < -0.4 is 11.1 Å². The van der Waals surface area contributed by atoms with Gasteiger partial charge in [0.1, 0.15) is 0 Å². The molecule has 17 heavy (non-hydrogen) atoms. The Morgan fingerprint density at radius 1 is 1.35 bits per heavy atom. The Balaban J connectivity index is 1.81. The number of nitrogens with zero attached hydrogens (tertiary/aromatic N) is 1. The molecule has 2 rings (SSSR count). The first-order valence-electron chi connectivity index (χ1n) is 6.83. The van der Waals surface area contributed by atoms with Crippen molar-refractivity contribution in [1.29, 1.82) is 0 Å². The third-order valence-electron chi connectivity index (χ3n) is 4.17. The predicted octanol–water partition coefficient (Wildman–Crippen LogP) is 0.570. The molecular weight excluding hydrogens is 214 g/mol. The summed E-state index contributed by atoms with van der Waals surface area (Å²) in [6.45, 7) is 7.31. The summed E-state index contributed by atoms with van der Waals surface area (Å²) in [5.41, 5.74) is 5.82. The summed E-state index contributed by atoms with van der Waals surface area (Å²) in [6, 6.07) is 0.679. The minimum atomic E-state index is 0.176. The van der Waals surface area contributed by atoms with Crippen LogP contribution in [0.3, 0.4) is 0 Å². The van der Waals surface area contributed by atoms with E-state index in [1.807, 2.05) is 0 Å². The minimum Gasteiger partial charge on any atom is -0.353 e. The zero-order valence-electron chi connectivity index (χ0n) is 11.0. The lowest BCUT2D eigenvalue weighted by molar-refractivity contribution is -0.122. The molecule has 1 aliphatic heterocycles. The van der Waals surface area contributed by atoms with Crippen LogP contribution in [-0.2, 0) is 4.79 Å². The molecule has 2 aliphatic rings. The fourth-order valence-corrected chi connectivity index (χ4v) is 2.56. The highest BCUT2D eigenvalue weighted by Crippen LogP contribution is 2.25. The number of hydrogen-bond donors (Lipinski definition) is 2. The van der Waals surface area contributed by atoms with Crippen molar-refractivity contribution in [3.05, 3.63) is 0 Å². The maximum absolute atomic E-state index is 11.8. The van der Waals surface area contributed by atoms with Crippen LogP contribution in [0.5, 0.6) is 0 Å². The van der Waals surface area contributed by atoms with Crippen molar-refractivity contribution in [2.24, 2.45) is 17.6 Å². The highest BCUT2D eigenvalue weighted by molar-refractivity contribution is 5.77. The molecule has 0 spiro atoms. The zero-order valence-corrected chi connectivity index (χ0v) is 11.0. The third kappa shape index (κ3) is 3.42. The zero-order chi connectivity index (χ0) is 12.4. The SMILES string of the molecule is CC1CN(C(CN)CC(=O)NC2CC2)CC1C. The number of carbonyl (C=O) groups excluding carboxylic acids is 1. The first kappa shape index (κ1) is 12.8. The highest BCUT2D eigenvalue weighted by Gasteiger charge is 2.32. The van der Waals surface area contributed by atoms with E-state index in [4.69, 9.17) is 5.73 Å². The van der Waals surface area contributed by atoms with Gasteiger partial charge in [0, 0.05) is 38.1 Å². The number of rotatable bonds is 5. The van der Waals surface area contributed by atoms with E-state index in [-0.39, 0.29) is 11.9 Å². The van der Waals surface area contributed by atoms with Crippen molar-refractivity contribution in [3.8, 4) is 0 Å². The number of likely N-dealkylation sites (tertiary alicyclic amines) is 1. The van der Waals surface area contributed by atoms with E-state index in [1.165, 1.54) is 0 Å². The molecular formula is C13H25N3O. The van der Waals surface area contributed by atoms with Crippen LogP contribution in [0.4, 0.5) is 0 Å². The van der Waals surface area contributed by atoms with E-state index in [2.05, 4.69) is 24.1 Å². The molecule has 1 saturated heterocycles. The van der Waals surface area contributed by atoms with Gasteiger partial charge in [-0.2, -0.15) is 0 Å². The average molecular weight is 239 g/mol. The molecule has 0 aromatic heterocycles. The number of nitrogens with two attached hydrogens (primary N) is 1. The average Bonchev–Trinajstić information content (AvgIpc) is 3.02. The lowest BCUT2D eigenvalue weighted by atomic mass is 10.0. The second-order valence-electron chi connectivity index (χ2n) is 5.84. The van der Waals surface area contributed by atoms with Crippen LogP contribution in [0, 0.1) is 11.8 Å². The van der Waals surface area contributed by atoms with Crippen molar-refractivity contribution in [1.82, 2.24) is 10.2 Å². The van der Waals surface area contributed by atoms with Gasteiger partial charge in [-0.05, 0) is 24.7 Å². The molecule has 1 heterocycles. The van der Waals surface area contributed by atoms with Gasteiger partial charge in [0.25, 0.3) is 0 Å². The van der Waals surface area contributed by atoms with Gasteiger partial charge in [-0.1, -0.05) is 13.8 Å². The molecule has 4 nitrogen and oxygen atoms in total. The van der Waals surface area contributed by atoms with Crippen molar-refractivity contribution in [2.75, 3.05) is 19.6 Å². The smallest absolute Gasteiger partial charge is 0.221 e. The summed E-state index contributed by atoms with van der Waals surface area (Å²) in [4.78, 5) is 14.2. The molecule has 1 aliphatic carbocycles. The Morgan fingerprint density at radius 3 is 2.41 bits per heavy atom. The van der Waals surface area contributed by atoms with Crippen LogP contribution in [0.25, 0.3) is 0 Å². The summed E-state index contributed by atoms with van der Waals surface area (Å²) in [6.07, 6.45) is 2.86. The molecule has 0 bridgehead atoms. The van der Waals surface area contributed by atoms with Gasteiger partial charge in [-0.25, -0.2) is 0 Å². The van der Waals surface area contributed by atoms with E-state index in [0.717, 1.165) is 37.8 Å². The van der Waals surface area contributed by atoms with E-state index in [1.54, 1.807) is 0 Å². The fraction of sp³-hybridized carbons (Fsp3) is 0.923. The van der Waals surface area contributed by atoms with Crippen molar-refractivity contribution in [3.63, 3.8) is 0 Å². The van der Waals surface area contributed by atoms with Gasteiger partial charge in [0.05, 0.1) is 0 Å². The number of amides is 1. The van der Waals surface area contributed by atoms with Gasteiger partial charge < -0.3 is 11.1 Å². The number of nitrogens with one attached hydrogen (secondary N) is 1. The molecule has 1 amide bonds. The highest BCUT2D eigenvalue weighted by atomic mass is 16.1. The van der Waals surface area contributed by atoms with Crippen LogP contribution in [0.1, 0.15) is 33.1 Å². The summed E-state index contributed by atoms with van der Waals surface area (Å²) in [5, 5.41) is 3.04. The second kappa shape index (κ2) is 5.36. The quantitative estimate of drug-likeness (QED) is 0.737. The lowest BCUT2D eigenvalue weighted by Gasteiger charge is -2.26. The molecule has 4 heteroatoms. The second-order valence-corrected chi connectivity index (χ2v) is 5.84. The minimum absolute atomic E-state index is 0.176. The molecule has 3 atom stereocenters. The van der Waals surface area contributed by atoms with Crippen molar-refractivity contribution < 1.29 is 4.79 Å². The summed E-state index contributed by atoms with van der Waals surface area (Å²) < 4.78 is 0. The van der Waals surface area contributed by atoms with E-state index < -0.39 is 0 Å². The number of hydrogen-bond acceptors (Lipinski definition) is 3. The van der Waals surface area contributed by atoms with Gasteiger partial charge in [-0.15, -0.1) is 0 Å². The van der Waals surface area contributed by atoms with Crippen LogP contribution in [-0.4, -0.2) is 42.5 Å². The van der Waals surface area contributed by atoms with Crippen LogP contribution in [0.15, 0.2) is 0 Å². The Kier molecular flexibility index (Phi) is 4.05.